The summed E-state index contributed by atoms with van der Waals surface area (Å²) < 4.78 is 5.42. The molecule has 2 fully saturated rings. The molecule has 4 heteroatoms. The lowest BCUT2D eigenvalue weighted by Crippen LogP contribution is -2.45. The number of amidine groups is 1. The van der Waals surface area contributed by atoms with Crippen molar-refractivity contribution >= 4 is 6.02 Å². The summed E-state index contributed by atoms with van der Waals surface area (Å²) in [6.45, 7) is 11.9. The number of piperidine rings is 1. The third-order valence-electron chi connectivity index (χ3n) is 4.61. The van der Waals surface area contributed by atoms with E-state index in [-0.39, 0.29) is 5.54 Å². The van der Waals surface area contributed by atoms with E-state index in [0.717, 1.165) is 31.8 Å². The molecular formula is C14H25N3O. The van der Waals surface area contributed by atoms with Gasteiger partial charge in [-0.15, -0.1) is 0 Å². The van der Waals surface area contributed by atoms with Gasteiger partial charge in [0.1, 0.15) is 6.61 Å². The minimum atomic E-state index is 0.281. The highest BCUT2D eigenvalue weighted by atomic mass is 16.5. The van der Waals surface area contributed by atoms with E-state index in [2.05, 4.69) is 42.9 Å². The van der Waals surface area contributed by atoms with E-state index in [1.165, 1.54) is 12.8 Å². The Balaban J connectivity index is 1.62. The molecule has 0 bridgehead atoms. The lowest BCUT2D eigenvalue weighted by atomic mass is 9.99. The molecule has 2 heterocycles. The predicted octanol–water partition coefficient (Wildman–Crippen LogP) is 1.61. The van der Waals surface area contributed by atoms with E-state index in [1.807, 2.05) is 0 Å². The number of hydrogen-bond acceptors (Lipinski definition) is 4. The van der Waals surface area contributed by atoms with Gasteiger partial charge in [0, 0.05) is 29.6 Å². The third kappa shape index (κ3) is 1.91. The molecule has 0 unspecified atom stereocenters. The quantitative estimate of drug-likeness (QED) is 0.810. The normalized spacial score (nSPS) is 39.2. The summed E-state index contributed by atoms with van der Waals surface area (Å²) in [4.78, 5) is 7.00. The van der Waals surface area contributed by atoms with Crippen LogP contribution in [0.25, 0.3) is 0 Å². The first-order valence-corrected chi connectivity index (χ1v) is 7.12. The molecule has 0 amide bonds. The van der Waals surface area contributed by atoms with Crippen molar-refractivity contribution in [2.75, 3.05) is 19.7 Å². The summed E-state index contributed by atoms with van der Waals surface area (Å²) in [5.74, 6) is 0. The monoisotopic (exact) mass is 251 g/mol. The summed E-state index contributed by atoms with van der Waals surface area (Å²) >= 11 is 0. The Morgan fingerprint density at radius 2 is 2.22 bits per heavy atom. The first-order chi connectivity index (χ1) is 8.42. The molecule has 1 aliphatic carbocycles. The highest BCUT2D eigenvalue weighted by Crippen LogP contribution is 2.60. The van der Waals surface area contributed by atoms with E-state index in [9.17, 15) is 0 Å². The summed E-state index contributed by atoms with van der Waals surface area (Å²) in [7, 11) is 0. The largest absolute Gasteiger partial charge is 0.463 e. The lowest BCUT2D eigenvalue weighted by molar-refractivity contribution is 0.104. The maximum absolute atomic E-state index is 5.42. The average Bonchev–Trinajstić information content (AvgIpc) is 2.67. The van der Waals surface area contributed by atoms with Crippen LogP contribution in [0.3, 0.4) is 0 Å². The number of hydrogen-bond donors (Lipinski definition) is 1. The summed E-state index contributed by atoms with van der Waals surface area (Å²) in [6, 6.07) is 2.20. The molecular weight excluding hydrogens is 226 g/mol. The van der Waals surface area contributed by atoms with Crippen molar-refractivity contribution in [1.29, 1.82) is 0 Å². The zero-order valence-corrected chi connectivity index (χ0v) is 12.0. The number of aliphatic imine (C=N–C) groups is 1. The molecule has 0 radical (unpaired) electrons. The van der Waals surface area contributed by atoms with Crippen LogP contribution in [-0.4, -0.2) is 48.2 Å². The molecule has 1 saturated heterocycles. The maximum Gasteiger partial charge on any atom is 0.284 e. The highest BCUT2D eigenvalue weighted by molar-refractivity contribution is 5.74. The van der Waals surface area contributed by atoms with Crippen molar-refractivity contribution in [3.8, 4) is 0 Å². The van der Waals surface area contributed by atoms with Crippen molar-refractivity contribution in [3.63, 3.8) is 0 Å². The molecule has 18 heavy (non-hydrogen) atoms. The topological polar surface area (TPSA) is 36.9 Å². The van der Waals surface area contributed by atoms with Crippen molar-refractivity contribution in [1.82, 2.24) is 10.2 Å². The van der Waals surface area contributed by atoms with Gasteiger partial charge in [-0.1, -0.05) is 0 Å². The van der Waals surface area contributed by atoms with Gasteiger partial charge >= 0.3 is 0 Å². The molecule has 1 saturated carbocycles. The number of nitrogens with zero attached hydrogens (tertiary/aromatic N) is 2. The molecule has 3 aliphatic rings. The second-order valence-corrected chi connectivity index (χ2v) is 7.10. The number of nitrogens with one attached hydrogen (secondary N) is 1. The van der Waals surface area contributed by atoms with Crippen LogP contribution in [0, 0.1) is 5.41 Å². The van der Waals surface area contributed by atoms with Gasteiger partial charge in [-0.05, 0) is 40.5 Å². The third-order valence-corrected chi connectivity index (χ3v) is 4.61. The fourth-order valence-corrected chi connectivity index (χ4v) is 4.02. The molecule has 0 aromatic carbocycles. The predicted molar refractivity (Wildman–Crippen MR) is 72.8 cm³/mol. The highest BCUT2D eigenvalue weighted by Gasteiger charge is 2.65. The Bertz CT molecular complexity index is 374. The van der Waals surface area contributed by atoms with Crippen LogP contribution < -0.4 is 5.32 Å². The van der Waals surface area contributed by atoms with Crippen LogP contribution in [0.15, 0.2) is 4.99 Å². The Morgan fingerprint density at radius 1 is 1.44 bits per heavy atom. The minimum Gasteiger partial charge on any atom is -0.463 e. The van der Waals surface area contributed by atoms with Gasteiger partial charge in [0.25, 0.3) is 6.02 Å². The zero-order chi connectivity index (χ0) is 13.0. The maximum atomic E-state index is 5.42. The Labute approximate surface area is 110 Å². The summed E-state index contributed by atoms with van der Waals surface area (Å²) in [5, 5.41) is 3.40. The second-order valence-electron chi connectivity index (χ2n) is 7.10. The Hall–Kier alpha value is -0.770. The van der Waals surface area contributed by atoms with Crippen LogP contribution in [0.2, 0.25) is 0 Å². The van der Waals surface area contributed by atoms with Crippen LogP contribution in [0.5, 0.6) is 0 Å². The molecule has 1 N–H and O–H groups in total. The summed E-state index contributed by atoms with van der Waals surface area (Å²) in [6.07, 6.45) is 2.63. The number of likely N-dealkylation sites (tertiary alicyclic amines) is 1. The first-order valence-electron chi connectivity index (χ1n) is 7.12. The number of ether oxygens (including phenoxy) is 1. The average molecular weight is 251 g/mol. The second kappa shape index (κ2) is 3.86. The van der Waals surface area contributed by atoms with Crippen molar-refractivity contribution < 1.29 is 4.74 Å². The SMILES string of the molecule is C[C@@H]1C[C@@]2(CNC3=NCCO3)C[C@H]2N1C(C)(C)C. The van der Waals surface area contributed by atoms with Crippen molar-refractivity contribution in [3.05, 3.63) is 0 Å². The minimum absolute atomic E-state index is 0.281. The molecule has 3 rings (SSSR count). The summed E-state index contributed by atoms with van der Waals surface area (Å²) in [5.41, 5.74) is 0.755. The zero-order valence-electron chi connectivity index (χ0n) is 12.0. The molecule has 0 spiro atoms. The van der Waals surface area contributed by atoms with Gasteiger partial charge in [-0.2, -0.15) is 0 Å². The fourth-order valence-electron chi connectivity index (χ4n) is 4.02. The van der Waals surface area contributed by atoms with E-state index in [0.29, 0.717) is 11.5 Å². The van der Waals surface area contributed by atoms with Gasteiger partial charge in [-0.3, -0.25) is 4.90 Å². The standard InChI is InChI=1S/C14H25N3O/c1-10-7-14(9-16-12-15-5-6-18-12)8-11(14)17(10)13(2,3)4/h10-11H,5-9H2,1-4H3,(H,15,16)/t10-,11-,14+/m1/s1. The van der Waals surface area contributed by atoms with E-state index < -0.39 is 0 Å². The van der Waals surface area contributed by atoms with Crippen LogP contribution >= 0.6 is 0 Å². The molecule has 0 aromatic rings. The van der Waals surface area contributed by atoms with E-state index >= 15 is 0 Å². The molecule has 4 nitrogen and oxygen atoms in total. The van der Waals surface area contributed by atoms with Crippen molar-refractivity contribution in [2.24, 2.45) is 10.4 Å². The van der Waals surface area contributed by atoms with E-state index in [4.69, 9.17) is 4.74 Å². The molecule has 3 atom stereocenters. The molecule has 0 aromatic heterocycles. The van der Waals surface area contributed by atoms with Gasteiger partial charge in [-0.25, -0.2) is 4.99 Å². The molecule has 102 valence electrons. The number of rotatable bonds is 2. The van der Waals surface area contributed by atoms with E-state index in [1.54, 1.807) is 0 Å². The van der Waals surface area contributed by atoms with Crippen LogP contribution in [-0.2, 0) is 4.74 Å². The lowest BCUT2D eigenvalue weighted by Gasteiger charge is -2.37. The van der Waals surface area contributed by atoms with Gasteiger partial charge in [0.2, 0.25) is 0 Å². The Morgan fingerprint density at radius 3 is 2.78 bits per heavy atom. The van der Waals surface area contributed by atoms with Crippen LogP contribution in [0.4, 0.5) is 0 Å². The first kappa shape index (κ1) is 12.3. The molecule has 2 aliphatic heterocycles. The van der Waals surface area contributed by atoms with Gasteiger partial charge in [0.05, 0.1) is 6.54 Å². The van der Waals surface area contributed by atoms with Gasteiger partial charge < -0.3 is 10.1 Å². The van der Waals surface area contributed by atoms with Crippen molar-refractivity contribution in [2.45, 2.75) is 58.2 Å². The fraction of sp³-hybridized carbons (Fsp3) is 0.929. The Kier molecular flexibility index (Phi) is 2.63. The van der Waals surface area contributed by atoms with Gasteiger partial charge in [0.15, 0.2) is 0 Å². The van der Waals surface area contributed by atoms with Crippen LogP contribution in [0.1, 0.15) is 40.5 Å². The number of fused-ring (bicyclic) bond motifs is 1. The smallest absolute Gasteiger partial charge is 0.284 e.